The fourth-order valence-electron chi connectivity index (χ4n) is 1.20. The second-order valence-electron chi connectivity index (χ2n) is 4.05. The Hall–Kier alpha value is 0.454. The molecule has 0 aliphatic rings. The summed E-state index contributed by atoms with van der Waals surface area (Å²) in [6.45, 7) is 4.60. The zero-order valence-corrected chi connectivity index (χ0v) is 16.4. The van der Waals surface area contributed by atoms with Crippen molar-refractivity contribution < 1.29 is 14.7 Å². The van der Waals surface area contributed by atoms with E-state index in [0.717, 1.165) is 0 Å². The van der Waals surface area contributed by atoms with Crippen LogP contribution in [-0.2, 0) is 14.7 Å². The zero-order chi connectivity index (χ0) is 15.2. The normalized spacial score (nSPS) is 8.90. The Morgan fingerprint density at radius 1 is 1.00 bits per heavy atom. The molecule has 0 nitrogen and oxygen atoms in total. The molecule has 2 aromatic rings. The van der Waals surface area contributed by atoms with Crippen molar-refractivity contribution in [2.24, 2.45) is 0 Å². The van der Waals surface area contributed by atoms with Crippen LogP contribution >= 0.6 is 35.8 Å². The summed E-state index contributed by atoms with van der Waals surface area (Å²) in [7, 11) is 15.1. The van der Waals surface area contributed by atoms with Crippen molar-refractivity contribution in [1.82, 2.24) is 0 Å². The van der Waals surface area contributed by atoms with Gasteiger partial charge in [-0.15, -0.1) is 20.1 Å². The molecule has 0 fully saturated rings. The van der Waals surface area contributed by atoms with Gasteiger partial charge in [0.1, 0.15) is 0 Å². The van der Waals surface area contributed by atoms with E-state index in [1.807, 2.05) is 30.3 Å². The van der Waals surface area contributed by atoms with Gasteiger partial charge in [-0.3, -0.25) is 0 Å². The second-order valence-corrected chi connectivity index (χ2v) is 14.3. The molecule has 2 rings (SSSR count). The predicted molar refractivity (Wildman–Crippen MR) is 93.1 cm³/mol. The second kappa shape index (κ2) is 14.4. The molecule has 0 spiro atoms. The molecule has 0 aliphatic heterocycles. The fraction of sp³-hybridized carbons (Fsp3) is 0.200. The van der Waals surface area contributed by atoms with Gasteiger partial charge in [-0.1, -0.05) is 12.2 Å². The van der Waals surface area contributed by atoms with Crippen molar-refractivity contribution >= 4 is 35.8 Å². The largest absolute Gasteiger partial charge is 0.214 e. The van der Waals surface area contributed by atoms with Crippen LogP contribution in [0.3, 0.4) is 0 Å². The van der Waals surface area contributed by atoms with E-state index in [-0.39, 0.29) is 7.92 Å². The molecule has 0 saturated carbocycles. The van der Waals surface area contributed by atoms with Crippen molar-refractivity contribution in [3.8, 4) is 0 Å². The van der Waals surface area contributed by atoms with Gasteiger partial charge in [0.15, 0.2) is 0 Å². The van der Waals surface area contributed by atoms with Crippen molar-refractivity contribution in [3.05, 3.63) is 72.6 Å². The molecule has 0 heterocycles. The minimum Gasteiger partial charge on any atom is -0.214 e. The molecule has 2 aromatic carbocycles. The van der Waals surface area contributed by atoms with E-state index in [4.69, 9.17) is 27.9 Å². The Balaban J connectivity index is 0.000000331. The average Bonchev–Trinajstić information content (AvgIpc) is 2.96. The molecule has 0 radical (unpaired) electrons. The maximum absolute atomic E-state index is 4.97. The van der Waals surface area contributed by atoms with Crippen LogP contribution in [0.1, 0.15) is 5.56 Å². The van der Waals surface area contributed by atoms with Gasteiger partial charge in [0, 0.05) is 0 Å². The van der Waals surface area contributed by atoms with Crippen LogP contribution in [0.15, 0.2) is 60.7 Å². The smallest absolute Gasteiger partial charge is 0.172 e. The third-order valence-electron chi connectivity index (χ3n) is 2.05. The number of rotatable bonds is 3. The Morgan fingerprint density at radius 2 is 1.50 bits per heavy atom. The first-order valence-electron chi connectivity index (χ1n) is 6.05. The molecule has 0 saturated heterocycles. The summed E-state index contributed by atoms with van der Waals surface area (Å²) < 4.78 is 0. The Kier molecular flexibility index (Phi) is 14.7. The van der Waals surface area contributed by atoms with Crippen LogP contribution in [0.25, 0.3) is 0 Å². The molecule has 0 aliphatic carbocycles. The molecule has 0 bridgehead atoms. The molecule has 5 heteroatoms. The van der Waals surface area contributed by atoms with Crippen LogP contribution in [-0.4, -0.2) is 19.5 Å². The topological polar surface area (TPSA) is 0 Å². The molecular weight excluding hydrogens is 365 g/mol. The Labute approximate surface area is 142 Å². The van der Waals surface area contributed by atoms with Gasteiger partial charge in [0.25, 0.3) is 0 Å². The van der Waals surface area contributed by atoms with Gasteiger partial charge in [0.2, 0.25) is 0 Å². The maximum atomic E-state index is 4.97. The SMILES string of the molecule is CP(C)C[CH-]c1ccccc1.[Cl][Ti]([Cl])[Cl].c1cc[cH-]c1. The van der Waals surface area contributed by atoms with Crippen LogP contribution < -0.4 is 0 Å². The quantitative estimate of drug-likeness (QED) is 0.324. The van der Waals surface area contributed by atoms with Crippen molar-refractivity contribution in [1.29, 1.82) is 0 Å². The first-order valence-corrected chi connectivity index (χ1v) is 14.9. The van der Waals surface area contributed by atoms with E-state index in [1.54, 1.807) is 0 Å². The summed E-state index contributed by atoms with van der Waals surface area (Å²) in [5.41, 5.74) is 1.35. The standard InChI is InChI=1S/C10H14P.C5H5.3ClH.Ti/c1-11(2)9-8-10-6-4-3-5-7-10;1-2-4-5-3-1;;;;/h3-8H,9H2,1-2H3;1-5H;3*1H;/q2*-1;;;;+3/p-3. The Bertz CT molecular complexity index is 371. The van der Waals surface area contributed by atoms with Gasteiger partial charge in [0.05, 0.1) is 0 Å². The summed E-state index contributed by atoms with van der Waals surface area (Å²) in [5, 5.41) is 0. The Morgan fingerprint density at radius 3 is 1.85 bits per heavy atom. The number of halogens is 3. The van der Waals surface area contributed by atoms with Crippen molar-refractivity contribution in [2.75, 3.05) is 19.5 Å². The van der Waals surface area contributed by atoms with Gasteiger partial charge < -0.3 is 0 Å². The van der Waals surface area contributed by atoms with Crippen LogP contribution in [0.5, 0.6) is 0 Å². The number of hydrogen-bond donors (Lipinski definition) is 0. The van der Waals surface area contributed by atoms with Crippen LogP contribution in [0.4, 0.5) is 0 Å². The predicted octanol–water partition coefficient (Wildman–Crippen LogP) is 6.45. The van der Waals surface area contributed by atoms with Crippen molar-refractivity contribution in [2.45, 2.75) is 0 Å². The van der Waals surface area contributed by atoms with E-state index < -0.39 is 14.7 Å². The first-order chi connectivity index (χ1) is 9.52. The van der Waals surface area contributed by atoms with E-state index in [1.165, 1.54) is 11.7 Å². The van der Waals surface area contributed by atoms with Crippen molar-refractivity contribution in [3.63, 3.8) is 0 Å². The minimum atomic E-state index is -1.92. The van der Waals surface area contributed by atoms with Crippen LogP contribution in [0, 0.1) is 6.42 Å². The van der Waals surface area contributed by atoms with E-state index in [0.29, 0.717) is 0 Å². The number of hydrogen-bond acceptors (Lipinski definition) is 0. The third kappa shape index (κ3) is 16.5. The molecule has 0 amide bonds. The van der Waals surface area contributed by atoms with Crippen LogP contribution in [0.2, 0.25) is 0 Å². The molecule has 20 heavy (non-hydrogen) atoms. The van der Waals surface area contributed by atoms with E-state index in [9.17, 15) is 0 Å². The summed E-state index contributed by atoms with van der Waals surface area (Å²) in [6, 6.07) is 20.5. The summed E-state index contributed by atoms with van der Waals surface area (Å²) in [4.78, 5) is 0. The van der Waals surface area contributed by atoms with Gasteiger partial charge in [-0.25, -0.2) is 12.1 Å². The fourth-order valence-corrected chi connectivity index (χ4v) is 1.77. The molecule has 0 unspecified atom stereocenters. The number of benzene rings is 1. The van der Waals surface area contributed by atoms with E-state index in [2.05, 4.69) is 50.1 Å². The molecule has 0 atom stereocenters. The third-order valence-corrected chi connectivity index (χ3v) is 2.96. The monoisotopic (exact) mass is 383 g/mol. The zero-order valence-electron chi connectivity index (χ0n) is 11.6. The molecular formula is C15H19Cl3PTi-2. The average molecular weight is 385 g/mol. The summed E-state index contributed by atoms with van der Waals surface area (Å²) in [6.07, 6.45) is 3.55. The molecule has 0 N–H and O–H groups in total. The minimum absolute atomic E-state index is 0.220. The first kappa shape index (κ1) is 20.5. The van der Waals surface area contributed by atoms with Gasteiger partial charge >= 0.3 is 42.6 Å². The summed E-state index contributed by atoms with van der Waals surface area (Å²) in [5.74, 6) is 0. The van der Waals surface area contributed by atoms with Gasteiger partial charge in [-0.05, 0) is 13.3 Å². The van der Waals surface area contributed by atoms with E-state index >= 15 is 0 Å². The van der Waals surface area contributed by atoms with Gasteiger partial charge in [-0.2, -0.15) is 42.3 Å². The summed E-state index contributed by atoms with van der Waals surface area (Å²) >= 11 is -1.92. The molecule has 0 aromatic heterocycles. The molecule has 111 valence electrons. The maximum Gasteiger partial charge on any atom is -0.172 e.